The normalized spacial score (nSPS) is 16.1. The minimum absolute atomic E-state index is 0.0362. The molecule has 0 aromatic carbocycles. The van der Waals surface area contributed by atoms with Crippen molar-refractivity contribution in [1.82, 2.24) is 0 Å². The van der Waals surface area contributed by atoms with Gasteiger partial charge in [-0.15, -0.1) is 0 Å². The third-order valence-electron chi connectivity index (χ3n) is 24.1. The van der Waals surface area contributed by atoms with E-state index in [0.717, 1.165) is 0 Å². The summed E-state index contributed by atoms with van der Waals surface area (Å²) in [6.45, 7) is 63.4. The quantitative estimate of drug-likeness (QED) is 0.120. The molecule has 0 aliphatic heterocycles. The number of alkyl halides is 33. The largest absolute Gasteiger partial charge is 0.394 e. The average molecular weight is 1780 g/mol. The summed E-state index contributed by atoms with van der Waals surface area (Å²) in [6, 6.07) is 0. The summed E-state index contributed by atoms with van der Waals surface area (Å²) < 4.78 is 397. The summed E-state index contributed by atoms with van der Waals surface area (Å²) in [5.74, 6) is -7.42. The van der Waals surface area contributed by atoms with Crippen LogP contribution in [-0.2, 0) is 0 Å². The predicted molar refractivity (Wildman–Crippen MR) is 409 cm³/mol. The molecule has 0 rings (SSSR count). The van der Waals surface area contributed by atoms with E-state index in [2.05, 4.69) is 0 Å². The first-order valence-electron chi connectivity index (χ1n) is 39.4. The molecule has 0 N–H and O–H groups in total. The van der Waals surface area contributed by atoms with Crippen LogP contribution in [0.2, 0.25) is 0 Å². The molecule has 0 saturated carbocycles. The molecule has 0 amide bonds. The Bertz CT molecular complexity index is 2240. The molecule has 0 aliphatic carbocycles. The van der Waals surface area contributed by atoms with E-state index < -0.39 is 154 Å². The van der Waals surface area contributed by atoms with Crippen LogP contribution in [0.5, 0.6) is 0 Å². The van der Waals surface area contributed by atoms with E-state index in [1.54, 1.807) is 152 Å². The lowest BCUT2D eigenvalue weighted by Crippen LogP contribution is -2.43. The lowest BCUT2D eigenvalue weighted by atomic mass is 9.69. The van der Waals surface area contributed by atoms with Gasteiger partial charge in [0, 0.05) is 12.8 Å². The highest BCUT2D eigenvalue weighted by atomic mass is 19.5. The number of hydrogen-bond donors (Lipinski definition) is 0. The zero-order valence-corrected chi connectivity index (χ0v) is 77.4. The van der Waals surface area contributed by atoms with E-state index in [1.807, 2.05) is 41.5 Å². The highest BCUT2D eigenvalue weighted by Crippen LogP contribution is 2.52. The van der Waals surface area contributed by atoms with Gasteiger partial charge in [-0.3, -0.25) is 0 Å². The Labute approximate surface area is 678 Å². The Morgan fingerprint density at radius 3 is 0.569 bits per heavy atom. The van der Waals surface area contributed by atoms with Crippen molar-refractivity contribution in [2.75, 3.05) is 0 Å². The van der Waals surface area contributed by atoms with Crippen molar-refractivity contribution in [2.45, 2.75) is 410 Å². The molecular formula is C83H155F33. The van der Waals surface area contributed by atoms with Crippen LogP contribution in [0, 0.1) is 126 Å². The second-order valence-corrected chi connectivity index (χ2v) is 37.6. The van der Waals surface area contributed by atoms with Gasteiger partial charge >= 0.3 is 67.9 Å². The van der Waals surface area contributed by atoms with E-state index >= 15 is 0 Å². The van der Waals surface area contributed by atoms with E-state index in [1.165, 1.54) is 90.0 Å². The Morgan fingerprint density at radius 2 is 0.517 bits per heavy atom. The van der Waals surface area contributed by atoms with Gasteiger partial charge in [-0.1, -0.05) is 322 Å². The van der Waals surface area contributed by atoms with Gasteiger partial charge in [0.2, 0.25) is 0 Å². The minimum Gasteiger partial charge on any atom is -0.171 e. The summed E-state index contributed by atoms with van der Waals surface area (Å²) in [5, 5.41) is 0. The maximum absolute atomic E-state index is 12.3. The summed E-state index contributed by atoms with van der Waals surface area (Å²) in [6.07, 6.45) is -42.1. The molecule has 0 aliphatic rings. The van der Waals surface area contributed by atoms with Gasteiger partial charge in [0.05, 0.1) is 51.2 Å². The average Bonchev–Trinajstić information content (AvgIpc) is 0.795. The van der Waals surface area contributed by atoms with Crippen LogP contribution in [0.3, 0.4) is 0 Å². The smallest absolute Gasteiger partial charge is 0.171 e. The lowest BCUT2D eigenvalue weighted by Gasteiger charge is -2.40. The first kappa shape index (κ1) is 137. The Balaban J connectivity index is -0.000000116. The van der Waals surface area contributed by atoms with E-state index in [-0.39, 0.29) is 59.7 Å². The molecule has 33 heteroatoms. The molecule has 0 heterocycles. The predicted octanol–water partition coefficient (Wildman–Crippen LogP) is 37.9. The molecule has 0 radical (unpaired) electrons. The van der Waals surface area contributed by atoms with E-state index in [0.29, 0.717) is 38.5 Å². The number of hydrogen-bond acceptors (Lipinski definition) is 0. The molecule has 5 unspecified atom stereocenters. The molecule has 0 fully saturated rings. The van der Waals surface area contributed by atoms with Crippen molar-refractivity contribution in [2.24, 2.45) is 126 Å². The highest BCUT2D eigenvalue weighted by Gasteiger charge is 2.56. The van der Waals surface area contributed by atoms with Gasteiger partial charge in [-0.05, 0) is 81.3 Å². The van der Waals surface area contributed by atoms with Crippen molar-refractivity contribution in [1.29, 1.82) is 0 Å². The van der Waals surface area contributed by atoms with Crippen LogP contribution in [0.1, 0.15) is 342 Å². The van der Waals surface area contributed by atoms with E-state index in [4.69, 9.17) is 0 Å². The molecule has 0 saturated heterocycles. The van der Waals surface area contributed by atoms with Crippen molar-refractivity contribution in [3.8, 4) is 0 Å². The van der Waals surface area contributed by atoms with Gasteiger partial charge < -0.3 is 0 Å². The van der Waals surface area contributed by atoms with Crippen LogP contribution in [0.25, 0.3) is 0 Å². The monoisotopic (exact) mass is 1780 g/mol. The van der Waals surface area contributed by atoms with Crippen LogP contribution in [-0.4, -0.2) is 67.9 Å². The van der Waals surface area contributed by atoms with Crippen molar-refractivity contribution >= 4 is 0 Å². The molecular weight excluding hydrogens is 1620 g/mol. The standard InChI is InChI=1S/C9H17F3.4C8H15F3.6C7H13F3/c1-6(2)8(4,5)7(3)9(10,11)12;2*1-6(2,3)7(4,5)8(9,10)11;2*1-5(2)6(3)7(4)8(9,10)11;1-5(2)6(3,4)7(8,9)10;1-4-6(2,3)5-7(8,9)10;1-4-5-6(2,3)7(8,9)10;2*1-4-5(2)6(3)7(8,9)10;1-3-6(4-2)5-7(8,9)10/h6-7H,1-5H3;2*1-5H3;2*5-7H,1-4H3;5H,1-4H3;2*4-5H2,1-3H3;2*5-6H,4H2,1-3H3;6H,3-5H2,1-2H3/t;;;2*6-,7?;;;;5?,6-;5-,6?;/m...11...10./s1. The van der Waals surface area contributed by atoms with Crippen molar-refractivity contribution < 1.29 is 145 Å². The van der Waals surface area contributed by atoms with Crippen LogP contribution >= 0.6 is 0 Å². The van der Waals surface area contributed by atoms with Gasteiger partial charge in [-0.25, -0.2) is 0 Å². The zero-order valence-electron chi connectivity index (χ0n) is 77.4. The Hall–Kier alpha value is -2.31. The maximum Gasteiger partial charge on any atom is 0.394 e. The second-order valence-electron chi connectivity index (χ2n) is 37.6. The molecule has 718 valence electrons. The summed E-state index contributed by atoms with van der Waals surface area (Å²) in [5.41, 5.74) is -9.10. The Morgan fingerprint density at radius 1 is 0.267 bits per heavy atom. The molecule has 0 aromatic rings. The van der Waals surface area contributed by atoms with Gasteiger partial charge in [0.25, 0.3) is 0 Å². The maximum atomic E-state index is 12.3. The van der Waals surface area contributed by atoms with Gasteiger partial charge in [0.15, 0.2) is 0 Å². The van der Waals surface area contributed by atoms with Crippen LogP contribution < -0.4 is 0 Å². The number of rotatable bonds is 18. The molecule has 116 heavy (non-hydrogen) atoms. The molecule has 0 bridgehead atoms. The Kier molecular flexibility index (Phi) is 62.7. The first-order valence-corrected chi connectivity index (χ1v) is 39.4. The molecule has 0 nitrogen and oxygen atoms in total. The molecule has 0 aromatic heterocycles. The second kappa shape index (κ2) is 53.1. The summed E-state index contributed by atoms with van der Waals surface area (Å²) in [4.78, 5) is 0. The fourth-order valence-corrected chi connectivity index (χ4v) is 7.54. The highest BCUT2D eigenvalue weighted by molar-refractivity contribution is 4.90. The fraction of sp³-hybridized carbons (Fsp3) is 1.00. The van der Waals surface area contributed by atoms with E-state index in [9.17, 15) is 145 Å². The topological polar surface area (TPSA) is 0 Å². The van der Waals surface area contributed by atoms with Crippen molar-refractivity contribution in [3.63, 3.8) is 0 Å². The minimum atomic E-state index is -4.12. The molecule has 0 spiro atoms. The summed E-state index contributed by atoms with van der Waals surface area (Å²) >= 11 is 0. The summed E-state index contributed by atoms with van der Waals surface area (Å²) in [7, 11) is 0. The van der Waals surface area contributed by atoms with Crippen LogP contribution in [0.4, 0.5) is 145 Å². The van der Waals surface area contributed by atoms with Gasteiger partial charge in [-0.2, -0.15) is 145 Å². The van der Waals surface area contributed by atoms with Gasteiger partial charge in [0.1, 0.15) is 0 Å². The third kappa shape index (κ3) is 61.1. The fourth-order valence-electron chi connectivity index (χ4n) is 7.54. The zero-order chi connectivity index (χ0) is 97.9. The SMILES string of the molecule is CC(C)(C)C(C)(C)C(F)(F)F.CC(C)(C)C(C)(C)C(F)(F)F.CC(C)C(C)(C)C(C)C(F)(F)F.CC(C)C(C)(C)C(F)(F)F.CC(C)[C@@H](C)C(C)C(F)(F)F.CC(C)[C@@H](C)C(C)C(F)(F)F.CCC(C)(C)CC(F)(F)F.CCC(C)[C@@H](C)C(F)(F)F.CCC(CC)CC(F)(F)F.CCCC(C)(C)C(F)(F)F.CC[C@H](C)C(C)C(F)(F)F. The molecule has 9 atom stereocenters. The lowest BCUT2D eigenvalue weighted by molar-refractivity contribution is -0.244. The van der Waals surface area contributed by atoms with Crippen LogP contribution in [0.15, 0.2) is 0 Å². The van der Waals surface area contributed by atoms with Crippen molar-refractivity contribution in [3.05, 3.63) is 0 Å². The number of halogens is 33. The first-order chi connectivity index (χ1) is 49.7. The third-order valence-corrected chi connectivity index (χ3v) is 24.1.